The van der Waals surface area contributed by atoms with Crippen LogP contribution in [-0.2, 0) is 27.5 Å². The molecule has 2 heterocycles. The number of nitro groups is 1. The molecule has 2 saturated carbocycles. The van der Waals surface area contributed by atoms with Crippen LogP contribution in [0.3, 0.4) is 0 Å². The lowest BCUT2D eigenvalue weighted by atomic mass is 10.0. The van der Waals surface area contributed by atoms with Crippen molar-refractivity contribution in [3.05, 3.63) is 85.8 Å². The molecule has 0 amide bonds. The highest BCUT2D eigenvalue weighted by Gasteiger charge is 2.69. The second-order valence-corrected chi connectivity index (χ2v) is 16.1. The van der Waals surface area contributed by atoms with Crippen LogP contribution in [0.2, 0.25) is 4.47 Å². The van der Waals surface area contributed by atoms with Gasteiger partial charge in [0.15, 0.2) is 9.50 Å². The van der Waals surface area contributed by atoms with Gasteiger partial charge in [-0.2, -0.15) is 0 Å². The summed E-state index contributed by atoms with van der Waals surface area (Å²) in [6, 6.07) is 17.3. The lowest BCUT2D eigenvalue weighted by Gasteiger charge is -2.39. The fraction of sp³-hybridized carbons (Fsp3) is 0.500. The number of carbonyl (C=O) groups excluding carboxylic acids is 1. The lowest BCUT2D eigenvalue weighted by molar-refractivity contribution is -0.486. The van der Waals surface area contributed by atoms with E-state index >= 15 is 0 Å². The van der Waals surface area contributed by atoms with Gasteiger partial charge in [-0.1, -0.05) is 83.5 Å². The Hall–Kier alpha value is -4.27. The number of carboxylic acid groups (broad SMARTS) is 1. The molecule has 51 heavy (non-hydrogen) atoms. The van der Waals surface area contributed by atoms with Crippen LogP contribution < -0.4 is 4.74 Å². The molecule has 1 N–H and O–H groups in total. The molecule has 2 atom stereocenters. The van der Waals surface area contributed by atoms with Gasteiger partial charge in [0.1, 0.15) is 23.2 Å². The van der Waals surface area contributed by atoms with Crippen molar-refractivity contribution in [1.29, 1.82) is 0 Å². The van der Waals surface area contributed by atoms with E-state index < -0.39 is 11.0 Å². The highest BCUT2D eigenvalue weighted by Crippen LogP contribution is 2.68. The second-order valence-electron chi connectivity index (χ2n) is 14.4. The molecule has 2 aromatic carbocycles. The van der Waals surface area contributed by atoms with Crippen LogP contribution in [0.15, 0.2) is 65.9 Å². The SMILES string of the molecule is CC1(C)C(C(=O)OCc2cccc(Oc3ccccc3)c2)C1(C)C.CC1C(C)C1C(=O)O.CN1CN(C)C(=N[N+](=O)[O-])N(Cc2cnc(Cl)s2)C1. The zero-order chi connectivity index (χ0) is 37.7. The summed E-state index contributed by atoms with van der Waals surface area (Å²) in [7, 11) is 3.71. The predicted molar refractivity (Wildman–Crippen MR) is 196 cm³/mol. The molecule has 1 aliphatic heterocycles. The minimum absolute atomic E-state index is 0.00233. The fourth-order valence-corrected chi connectivity index (χ4v) is 7.40. The van der Waals surface area contributed by atoms with Crippen molar-refractivity contribution in [1.82, 2.24) is 19.7 Å². The number of esters is 1. The van der Waals surface area contributed by atoms with Crippen molar-refractivity contribution >= 4 is 40.8 Å². The normalized spacial score (nSPS) is 22.5. The summed E-state index contributed by atoms with van der Waals surface area (Å²) in [6.45, 7) is 14.3. The monoisotopic (exact) mass is 742 g/mol. The molecular formula is C36H47ClN6O7S. The zero-order valence-corrected chi connectivity index (χ0v) is 31.8. The third-order valence-corrected chi connectivity index (χ3v) is 11.3. The molecule has 0 radical (unpaired) electrons. The smallest absolute Gasteiger partial charge is 0.310 e. The number of rotatable bonds is 9. The van der Waals surface area contributed by atoms with Crippen LogP contribution in [0.5, 0.6) is 11.5 Å². The molecule has 3 aliphatic rings. The van der Waals surface area contributed by atoms with Crippen LogP contribution in [0.4, 0.5) is 0 Å². The summed E-state index contributed by atoms with van der Waals surface area (Å²) in [5.41, 5.74) is 0.929. The molecule has 15 heteroatoms. The first kappa shape index (κ1) is 39.5. The Morgan fingerprint density at radius 2 is 1.67 bits per heavy atom. The molecule has 3 fully saturated rings. The molecule has 2 unspecified atom stereocenters. The molecule has 0 bridgehead atoms. The second kappa shape index (κ2) is 16.4. The Labute approximate surface area is 308 Å². The van der Waals surface area contributed by atoms with Gasteiger partial charge < -0.3 is 24.4 Å². The molecule has 2 aliphatic carbocycles. The van der Waals surface area contributed by atoms with Crippen molar-refractivity contribution in [2.24, 2.45) is 39.6 Å². The summed E-state index contributed by atoms with van der Waals surface area (Å²) in [5, 5.41) is 21.8. The number of guanidine groups is 1. The number of hydrogen-bond donors (Lipinski definition) is 1. The Morgan fingerprint density at radius 3 is 2.18 bits per heavy atom. The van der Waals surface area contributed by atoms with E-state index in [1.54, 1.807) is 18.1 Å². The van der Waals surface area contributed by atoms with E-state index in [1.807, 2.05) is 85.3 Å². The Balaban J connectivity index is 0.000000192. The number of hydrogen-bond acceptors (Lipinski definition) is 9. The minimum Gasteiger partial charge on any atom is -0.481 e. The van der Waals surface area contributed by atoms with E-state index in [0.717, 1.165) is 21.9 Å². The first-order valence-electron chi connectivity index (χ1n) is 16.6. The maximum atomic E-state index is 12.3. The van der Waals surface area contributed by atoms with Crippen LogP contribution in [0, 0.1) is 44.6 Å². The minimum atomic E-state index is -0.677. The van der Waals surface area contributed by atoms with E-state index in [4.69, 9.17) is 26.2 Å². The maximum absolute atomic E-state index is 12.3. The highest BCUT2D eigenvalue weighted by atomic mass is 35.5. The first-order chi connectivity index (χ1) is 23.9. The molecule has 6 rings (SSSR count). The lowest BCUT2D eigenvalue weighted by Crippen LogP contribution is -2.55. The number of halogens is 1. The van der Waals surface area contributed by atoms with Gasteiger partial charge in [0.05, 0.1) is 31.7 Å². The number of nitrogens with zero attached hydrogens (tertiary/aromatic N) is 6. The van der Waals surface area contributed by atoms with E-state index in [-0.39, 0.29) is 35.2 Å². The van der Waals surface area contributed by atoms with Crippen molar-refractivity contribution in [2.75, 3.05) is 27.4 Å². The average Bonchev–Trinajstić information content (AvgIpc) is 3.66. The number of ether oxygens (including phenoxy) is 2. The molecule has 3 aromatic rings. The van der Waals surface area contributed by atoms with Crippen LogP contribution in [0.25, 0.3) is 0 Å². The van der Waals surface area contributed by atoms with Gasteiger partial charge in [0.2, 0.25) is 0 Å². The Bertz CT molecular complexity index is 1700. The topological polar surface area (TPSA) is 151 Å². The largest absolute Gasteiger partial charge is 0.481 e. The van der Waals surface area contributed by atoms with E-state index in [1.165, 1.54) is 11.3 Å². The first-order valence-corrected chi connectivity index (χ1v) is 17.8. The van der Waals surface area contributed by atoms with Crippen LogP contribution in [0.1, 0.15) is 52.0 Å². The van der Waals surface area contributed by atoms with Crippen molar-refractivity contribution in [3.8, 4) is 11.5 Å². The summed E-state index contributed by atoms with van der Waals surface area (Å²) in [6.07, 6.45) is 1.67. The number of thiazole rings is 1. The molecule has 0 spiro atoms. The zero-order valence-electron chi connectivity index (χ0n) is 30.3. The van der Waals surface area contributed by atoms with Gasteiger partial charge in [-0.05, 0) is 59.5 Å². The quantitative estimate of drug-likeness (QED) is 0.136. The summed E-state index contributed by atoms with van der Waals surface area (Å²) in [5.74, 6) is 1.86. The molecule has 13 nitrogen and oxygen atoms in total. The number of aliphatic carboxylic acids is 1. The summed E-state index contributed by atoms with van der Waals surface area (Å²) < 4.78 is 11.8. The maximum Gasteiger partial charge on any atom is 0.310 e. The Kier molecular flexibility index (Phi) is 12.7. The van der Waals surface area contributed by atoms with E-state index in [2.05, 4.69) is 37.8 Å². The number of carboxylic acids is 1. The van der Waals surface area contributed by atoms with Gasteiger partial charge in [0.25, 0.3) is 5.96 Å². The van der Waals surface area contributed by atoms with E-state index in [0.29, 0.717) is 42.1 Å². The number of para-hydroxylation sites is 1. The summed E-state index contributed by atoms with van der Waals surface area (Å²) in [4.78, 5) is 43.6. The average molecular weight is 743 g/mol. The highest BCUT2D eigenvalue weighted by molar-refractivity contribution is 7.15. The molecule has 276 valence electrons. The molecular weight excluding hydrogens is 696 g/mol. The third-order valence-electron chi connectivity index (χ3n) is 10.2. The Morgan fingerprint density at radius 1 is 1.04 bits per heavy atom. The van der Waals surface area contributed by atoms with Gasteiger partial charge in [-0.15, -0.1) is 11.3 Å². The molecule has 1 aromatic heterocycles. The standard InChI is InChI=1S/C21H24O3.C9H13ClN6O2S.C6H10O2/c1-20(2)18(21(20,3)4)19(22)23-14-15-9-8-12-17(13-15)24-16-10-6-5-7-11-16;1-13-5-14(2)9(12-16(17)18)15(6-13)4-7-3-11-8(10)19-7;1-3-4(2)5(3)6(7)8/h5-13,18H,14H2,1-4H3;3H,4-6H2,1-2H3;3-5H,1-2H3,(H,7,8). The predicted octanol–water partition coefficient (Wildman–Crippen LogP) is 7.12. The summed E-state index contributed by atoms with van der Waals surface area (Å²) >= 11 is 7.14. The number of carbonyl (C=O) groups is 2. The van der Waals surface area contributed by atoms with Gasteiger partial charge in [0, 0.05) is 18.1 Å². The van der Waals surface area contributed by atoms with Crippen molar-refractivity contribution in [2.45, 2.75) is 54.7 Å². The van der Waals surface area contributed by atoms with Crippen LogP contribution >= 0.6 is 22.9 Å². The van der Waals surface area contributed by atoms with E-state index in [9.17, 15) is 19.7 Å². The fourth-order valence-electron chi connectivity index (χ4n) is 6.40. The van der Waals surface area contributed by atoms with Gasteiger partial charge in [-0.3, -0.25) is 14.5 Å². The van der Waals surface area contributed by atoms with Crippen molar-refractivity contribution < 1.29 is 29.2 Å². The van der Waals surface area contributed by atoms with Gasteiger partial charge >= 0.3 is 11.9 Å². The van der Waals surface area contributed by atoms with Crippen LogP contribution in [-0.4, -0.2) is 75.2 Å². The van der Waals surface area contributed by atoms with Crippen molar-refractivity contribution in [3.63, 3.8) is 0 Å². The number of benzene rings is 2. The number of aromatic nitrogens is 1. The number of hydrazone groups is 1. The third kappa shape index (κ3) is 10.2. The molecule has 1 saturated heterocycles. The van der Waals surface area contributed by atoms with Gasteiger partial charge in [-0.25, -0.2) is 15.1 Å².